The summed E-state index contributed by atoms with van der Waals surface area (Å²) in [7, 11) is 2.71. The van der Waals surface area contributed by atoms with Gasteiger partial charge in [0.05, 0.1) is 48.4 Å². The summed E-state index contributed by atoms with van der Waals surface area (Å²) < 4.78 is 9.82. The Hall–Kier alpha value is -4.61. The molecule has 0 saturated heterocycles. The van der Waals surface area contributed by atoms with E-state index in [-0.39, 0.29) is 53.1 Å². The Balaban J connectivity index is 0.00000500. The van der Waals surface area contributed by atoms with E-state index in [1.165, 1.54) is 28.1 Å². The third kappa shape index (κ3) is 6.77. The van der Waals surface area contributed by atoms with Crippen molar-refractivity contribution in [3.63, 3.8) is 0 Å². The van der Waals surface area contributed by atoms with Gasteiger partial charge in [-0.05, 0) is 87.5 Å². The van der Waals surface area contributed by atoms with Gasteiger partial charge in [0.2, 0.25) is 0 Å². The van der Waals surface area contributed by atoms with E-state index in [2.05, 4.69) is 0 Å². The van der Waals surface area contributed by atoms with Gasteiger partial charge in [-0.1, -0.05) is 30.2 Å². The van der Waals surface area contributed by atoms with Gasteiger partial charge in [-0.25, -0.2) is 15.0 Å². The first-order valence-electron chi connectivity index (χ1n) is 15.1. The molecule has 8 bridgehead atoms. The second kappa shape index (κ2) is 14.0. The van der Waals surface area contributed by atoms with E-state index in [1.807, 2.05) is 39.8 Å². The number of aromatic nitrogens is 1. The summed E-state index contributed by atoms with van der Waals surface area (Å²) in [5.74, 6) is -0.976. The normalized spacial score (nSPS) is 18.0. The smallest absolute Gasteiger partial charge is 0.875 e. The Labute approximate surface area is 283 Å². The quantitative estimate of drug-likeness (QED) is 0.319. The first-order valence-corrected chi connectivity index (χ1v) is 15.1. The number of Topliss-reactive ketones (excluding diaryl/α,β-unsaturated/α-hetero) is 1. The molecule has 0 aromatic carbocycles. The summed E-state index contributed by atoms with van der Waals surface area (Å²) in [6, 6.07) is 0. The first-order chi connectivity index (χ1) is 21.8. The maximum Gasteiger partial charge on any atom is 2.00 e. The van der Waals surface area contributed by atoms with Gasteiger partial charge in [-0.2, -0.15) is 0 Å². The molecular formula is C36H36CoN4O6. The van der Waals surface area contributed by atoms with Crippen molar-refractivity contribution in [2.24, 2.45) is 15.0 Å². The number of hydrogen-bond acceptors (Lipinski definition) is 9. The number of esters is 2. The molecule has 0 aliphatic carbocycles. The Morgan fingerprint density at radius 1 is 0.745 bits per heavy atom. The fourth-order valence-electron chi connectivity index (χ4n) is 6.14. The predicted molar refractivity (Wildman–Crippen MR) is 174 cm³/mol. The maximum atomic E-state index is 12.9. The van der Waals surface area contributed by atoms with Crippen molar-refractivity contribution in [1.82, 2.24) is 4.98 Å². The van der Waals surface area contributed by atoms with Gasteiger partial charge in [0.25, 0.3) is 0 Å². The maximum absolute atomic E-state index is 12.9. The standard InChI is InChI=1S/C36H38N4O6.Co/c1-17-23(9-11-33(43)45-7)29-16-30-24(10-12-34(44)46-8)18(2)26(38-30)14-31-36(22(6)42)20(4)28(40-31)15-32-35(21(5)41)19(3)27(39-32)13-25(17)37-29;/h13-16H,9-12H2,1-8H3,(H2,37,38,39,40,41,42);/q;+2/p-2. The van der Waals surface area contributed by atoms with E-state index in [4.69, 9.17) is 29.4 Å². The number of fused-ring (bicyclic) bond motifs is 5. The number of carbonyl (C=O) groups is 3. The van der Waals surface area contributed by atoms with Crippen LogP contribution >= 0.6 is 0 Å². The molecule has 1 radical (unpaired) electrons. The summed E-state index contributed by atoms with van der Waals surface area (Å²) in [6.45, 7) is 10.5. The van der Waals surface area contributed by atoms with E-state index in [0.29, 0.717) is 80.1 Å². The second-order valence-corrected chi connectivity index (χ2v) is 11.6. The molecule has 0 amide bonds. The van der Waals surface area contributed by atoms with Crippen molar-refractivity contribution in [3.8, 4) is 0 Å². The average Bonchev–Trinajstić information content (AvgIpc) is 3.67. The molecule has 4 aliphatic heterocycles. The van der Waals surface area contributed by atoms with Crippen molar-refractivity contribution in [1.29, 1.82) is 0 Å². The molecule has 0 spiro atoms. The Morgan fingerprint density at radius 2 is 1.36 bits per heavy atom. The van der Waals surface area contributed by atoms with E-state index in [0.717, 1.165) is 22.3 Å². The Morgan fingerprint density at radius 3 is 1.98 bits per heavy atom. The van der Waals surface area contributed by atoms with Gasteiger partial charge in [0.1, 0.15) is 0 Å². The van der Waals surface area contributed by atoms with E-state index < -0.39 is 0 Å². The predicted octanol–water partition coefficient (Wildman–Crippen LogP) is 2.85. The van der Waals surface area contributed by atoms with Crippen molar-refractivity contribution in [2.45, 2.75) is 67.2 Å². The molecule has 47 heavy (non-hydrogen) atoms. The van der Waals surface area contributed by atoms with Gasteiger partial charge < -0.3 is 19.6 Å². The summed E-state index contributed by atoms with van der Waals surface area (Å²) >= 11 is 0. The summed E-state index contributed by atoms with van der Waals surface area (Å²) in [6.07, 6.45) is 8.31. The molecular weight excluding hydrogens is 643 g/mol. The number of carbonyl (C=O) groups excluding carboxylic acids is 3. The fourth-order valence-corrected chi connectivity index (χ4v) is 6.14. The molecule has 4 aliphatic rings. The minimum absolute atomic E-state index is 0. The van der Waals surface area contributed by atoms with Crippen LogP contribution in [0.3, 0.4) is 0 Å². The number of hydrogen-bond donors (Lipinski definition) is 0. The number of ketones is 1. The van der Waals surface area contributed by atoms with Crippen molar-refractivity contribution < 1.29 is 45.7 Å². The van der Waals surface area contributed by atoms with Crippen LogP contribution in [-0.2, 0) is 47.1 Å². The molecule has 1 aromatic heterocycles. The first kappa shape index (κ1) is 35.2. The zero-order valence-corrected chi connectivity index (χ0v) is 28.8. The van der Waals surface area contributed by atoms with E-state index in [9.17, 15) is 19.5 Å². The summed E-state index contributed by atoms with van der Waals surface area (Å²) in [5, 5.41) is 14.2. The molecule has 0 fully saturated rings. The molecule has 5 rings (SSSR count). The van der Waals surface area contributed by atoms with E-state index in [1.54, 1.807) is 12.2 Å². The number of allylic oxidation sites excluding steroid dienone is 9. The Bertz CT molecular complexity index is 2020. The summed E-state index contributed by atoms with van der Waals surface area (Å²) in [4.78, 5) is 56.8. The number of aliphatic imine (C=N–C) groups is 3. The van der Waals surface area contributed by atoms with Gasteiger partial charge in [-0.3, -0.25) is 14.4 Å². The molecule has 11 heteroatoms. The topological polar surface area (TPSA) is 144 Å². The zero-order valence-electron chi connectivity index (χ0n) is 27.7. The monoisotopic (exact) mass is 679 g/mol. The van der Waals surface area contributed by atoms with E-state index >= 15 is 0 Å². The third-order valence-corrected chi connectivity index (χ3v) is 8.70. The molecule has 0 atom stereocenters. The molecule has 245 valence electrons. The molecule has 0 saturated carbocycles. The molecule has 0 unspecified atom stereocenters. The number of nitrogens with zero attached hydrogens (tertiary/aromatic N) is 4. The van der Waals surface area contributed by atoms with Crippen LogP contribution in [-0.4, -0.2) is 49.1 Å². The van der Waals surface area contributed by atoms with Crippen LogP contribution in [0.4, 0.5) is 0 Å². The van der Waals surface area contributed by atoms with Crippen molar-refractivity contribution >= 4 is 47.0 Å². The molecule has 0 N–H and O–H groups in total. The van der Waals surface area contributed by atoms with Gasteiger partial charge >= 0.3 is 28.7 Å². The van der Waals surface area contributed by atoms with Crippen LogP contribution in [0.5, 0.6) is 0 Å². The van der Waals surface area contributed by atoms with Crippen LogP contribution in [0, 0.1) is 6.92 Å². The number of methoxy groups -OCH3 is 2. The number of rotatable bonds is 7. The SMILES string of the molecule is COC(=O)CCC1=C(C)C2=CC3=NC(=C(C)/C3=C(\C)[O-])C=C3N=C(C=c4[n-]c(c(CCC(=O)OC)c4C)=CC1=N2)C(C)=C3C(C)=O.[Co+2]. The average molecular weight is 680 g/mol. The minimum Gasteiger partial charge on any atom is -0.875 e. The molecule has 5 heterocycles. The Kier molecular flexibility index (Phi) is 10.5. The molecule has 1 aromatic rings. The minimum atomic E-state index is -0.345. The second-order valence-electron chi connectivity index (χ2n) is 11.6. The van der Waals surface area contributed by atoms with Crippen molar-refractivity contribution in [3.05, 3.63) is 90.3 Å². The van der Waals surface area contributed by atoms with Gasteiger partial charge in [0, 0.05) is 18.4 Å². The number of ether oxygens (including phenoxy) is 2. The summed E-state index contributed by atoms with van der Waals surface area (Å²) in [5.41, 5.74) is 8.97. The van der Waals surface area contributed by atoms with Crippen LogP contribution < -0.4 is 20.8 Å². The van der Waals surface area contributed by atoms with Crippen LogP contribution in [0.15, 0.2) is 83.4 Å². The fraction of sp³-hybridized carbons (Fsp3) is 0.333. The third-order valence-electron chi connectivity index (χ3n) is 8.70. The largest absolute Gasteiger partial charge is 2.00 e. The van der Waals surface area contributed by atoms with Crippen LogP contribution in [0.25, 0.3) is 12.2 Å². The molecule has 10 nitrogen and oxygen atoms in total. The zero-order chi connectivity index (χ0) is 33.4. The van der Waals surface area contributed by atoms with Crippen LogP contribution in [0.2, 0.25) is 0 Å². The van der Waals surface area contributed by atoms with Gasteiger partial charge in [0.15, 0.2) is 5.78 Å². The van der Waals surface area contributed by atoms with Crippen LogP contribution in [0.1, 0.15) is 65.0 Å². The van der Waals surface area contributed by atoms with Crippen molar-refractivity contribution in [2.75, 3.05) is 14.2 Å². The van der Waals surface area contributed by atoms with Gasteiger partial charge in [-0.15, -0.1) is 16.5 Å².